The highest BCUT2D eigenvalue weighted by Crippen LogP contribution is 2.14. The molecule has 2 aromatic heterocycles. The molecule has 19 heavy (non-hydrogen) atoms. The van der Waals surface area contributed by atoms with Gasteiger partial charge in [0.2, 0.25) is 0 Å². The second-order valence-electron chi connectivity index (χ2n) is 4.36. The third kappa shape index (κ3) is 2.92. The maximum atomic E-state index is 4.18. The van der Waals surface area contributed by atoms with Gasteiger partial charge in [0.05, 0.1) is 5.69 Å². The highest BCUT2D eigenvalue weighted by Gasteiger charge is 1.97. The van der Waals surface area contributed by atoms with E-state index in [9.17, 15) is 0 Å². The molecule has 3 aromatic rings. The van der Waals surface area contributed by atoms with E-state index in [1.807, 2.05) is 24.5 Å². The van der Waals surface area contributed by atoms with Gasteiger partial charge in [0, 0.05) is 37.1 Å². The topological polar surface area (TPSA) is 50.7 Å². The molecule has 94 valence electrons. The molecule has 0 atom stereocenters. The van der Waals surface area contributed by atoms with Crippen molar-refractivity contribution in [3.05, 3.63) is 66.5 Å². The van der Waals surface area contributed by atoms with Gasteiger partial charge in [-0.2, -0.15) is 0 Å². The number of nitrogens with one attached hydrogen (secondary N) is 1. The lowest BCUT2D eigenvalue weighted by Gasteiger charge is -2.05. The SMILES string of the molecule is c1cc(CNCc2ccc3cnccc3c2)ncn1. The fourth-order valence-electron chi connectivity index (χ4n) is 2.00. The third-order valence-electron chi connectivity index (χ3n) is 2.98. The van der Waals surface area contributed by atoms with Gasteiger partial charge in [-0.1, -0.05) is 12.1 Å². The lowest BCUT2D eigenvalue weighted by Crippen LogP contribution is -2.13. The Morgan fingerprint density at radius 3 is 2.74 bits per heavy atom. The Bertz CT molecular complexity index is 667. The maximum Gasteiger partial charge on any atom is 0.115 e. The summed E-state index contributed by atoms with van der Waals surface area (Å²) in [7, 11) is 0. The van der Waals surface area contributed by atoms with Crippen LogP contribution in [0.2, 0.25) is 0 Å². The van der Waals surface area contributed by atoms with Crippen molar-refractivity contribution in [1.29, 1.82) is 0 Å². The number of rotatable bonds is 4. The van der Waals surface area contributed by atoms with Gasteiger partial charge < -0.3 is 5.32 Å². The summed E-state index contributed by atoms with van der Waals surface area (Å²) < 4.78 is 0. The van der Waals surface area contributed by atoms with E-state index in [2.05, 4.69) is 38.5 Å². The van der Waals surface area contributed by atoms with Crippen LogP contribution < -0.4 is 5.32 Å². The van der Waals surface area contributed by atoms with E-state index < -0.39 is 0 Å². The Balaban J connectivity index is 1.65. The molecular weight excluding hydrogens is 236 g/mol. The van der Waals surface area contributed by atoms with Crippen LogP contribution in [-0.2, 0) is 13.1 Å². The van der Waals surface area contributed by atoms with Gasteiger partial charge in [-0.3, -0.25) is 4.98 Å². The highest BCUT2D eigenvalue weighted by atomic mass is 14.9. The van der Waals surface area contributed by atoms with Crippen LogP contribution in [0.15, 0.2) is 55.2 Å². The van der Waals surface area contributed by atoms with Crippen molar-refractivity contribution in [3.8, 4) is 0 Å². The molecule has 1 N–H and O–H groups in total. The first-order valence-electron chi connectivity index (χ1n) is 6.20. The van der Waals surface area contributed by atoms with Gasteiger partial charge in [-0.25, -0.2) is 9.97 Å². The summed E-state index contributed by atoms with van der Waals surface area (Å²) in [5.74, 6) is 0. The van der Waals surface area contributed by atoms with E-state index in [0.717, 1.165) is 18.8 Å². The molecule has 0 bridgehead atoms. The summed E-state index contributed by atoms with van der Waals surface area (Å²) in [6.07, 6.45) is 7.03. The zero-order chi connectivity index (χ0) is 12.9. The van der Waals surface area contributed by atoms with Crippen molar-refractivity contribution >= 4 is 10.8 Å². The van der Waals surface area contributed by atoms with E-state index in [4.69, 9.17) is 0 Å². The summed E-state index contributed by atoms with van der Waals surface area (Å²) in [5, 5.41) is 5.76. The van der Waals surface area contributed by atoms with E-state index in [1.54, 1.807) is 12.5 Å². The zero-order valence-corrected chi connectivity index (χ0v) is 10.5. The Kier molecular flexibility index (Phi) is 3.42. The fraction of sp³-hybridized carbons (Fsp3) is 0.133. The summed E-state index contributed by atoms with van der Waals surface area (Å²) in [4.78, 5) is 12.2. The van der Waals surface area contributed by atoms with Crippen LogP contribution in [0.4, 0.5) is 0 Å². The van der Waals surface area contributed by atoms with Crippen molar-refractivity contribution in [2.24, 2.45) is 0 Å². The summed E-state index contributed by atoms with van der Waals surface area (Å²) in [5.41, 5.74) is 2.26. The molecule has 0 spiro atoms. The van der Waals surface area contributed by atoms with Gasteiger partial charge in [0.15, 0.2) is 0 Å². The Morgan fingerprint density at radius 2 is 1.84 bits per heavy atom. The lowest BCUT2D eigenvalue weighted by molar-refractivity contribution is 0.678. The molecule has 0 amide bonds. The minimum absolute atomic E-state index is 0.747. The molecule has 4 heteroatoms. The van der Waals surface area contributed by atoms with Crippen LogP contribution in [-0.4, -0.2) is 15.0 Å². The molecule has 0 aliphatic carbocycles. The van der Waals surface area contributed by atoms with E-state index in [0.29, 0.717) is 0 Å². The van der Waals surface area contributed by atoms with Crippen LogP contribution in [0.5, 0.6) is 0 Å². The largest absolute Gasteiger partial charge is 0.307 e. The average molecular weight is 250 g/mol. The van der Waals surface area contributed by atoms with Gasteiger partial charge in [0.1, 0.15) is 6.33 Å². The standard InChI is InChI=1S/C15H14N4/c1-2-14-9-16-5-3-13(14)7-12(1)8-18-10-15-4-6-17-11-19-15/h1-7,9,11,18H,8,10H2. The highest BCUT2D eigenvalue weighted by molar-refractivity contribution is 5.81. The molecule has 0 unspecified atom stereocenters. The molecule has 0 fully saturated rings. The minimum atomic E-state index is 0.747. The molecule has 2 heterocycles. The Labute approximate surface area is 111 Å². The van der Waals surface area contributed by atoms with Crippen LogP contribution in [0.25, 0.3) is 10.8 Å². The number of aromatic nitrogens is 3. The predicted molar refractivity (Wildman–Crippen MR) is 74.3 cm³/mol. The van der Waals surface area contributed by atoms with Gasteiger partial charge in [0.25, 0.3) is 0 Å². The van der Waals surface area contributed by atoms with Crippen LogP contribution in [0.1, 0.15) is 11.3 Å². The van der Waals surface area contributed by atoms with E-state index >= 15 is 0 Å². The van der Waals surface area contributed by atoms with Crippen LogP contribution in [0.3, 0.4) is 0 Å². The molecule has 0 aliphatic rings. The third-order valence-corrected chi connectivity index (χ3v) is 2.98. The van der Waals surface area contributed by atoms with Crippen molar-refractivity contribution < 1.29 is 0 Å². The van der Waals surface area contributed by atoms with Gasteiger partial charge in [-0.05, 0) is 29.1 Å². The Hall–Kier alpha value is -2.33. The molecule has 0 radical (unpaired) electrons. The minimum Gasteiger partial charge on any atom is -0.307 e. The van der Waals surface area contributed by atoms with Gasteiger partial charge in [-0.15, -0.1) is 0 Å². The van der Waals surface area contributed by atoms with Crippen molar-refractivity contribution in [2.45, 2.75) is 13.1 Å². The zero-order valence-electron chi connectivity index (χ0n) is 10.5. The average Bonchev–Trinajstić information content (AvgIpc) is 2.48. The first-order valence-corrected chi connectivity index (χ1v) is 6.20. The molecule has 3 rings (SSSR count). The van der Waals surface area contributed by atoms with E-state index in [1.165, 1.54) is 16.3 Å². The summed E-state index contributed by atoms with van der Waals surface area (Å²) in [6.45, 7) is 1.57. The van der Waals surface area contributed by atoms with Crippen LogP contribution in [0, 0.1) is 0 Å². The molecule has 1 aromatic carbocycles. The number of hydrogen-bond donors (Lipinski definition) is 1. The number of fused-ring (bicyclic) bond motifs is 1. The monoisotopic (exact) mass is 250 g/mol. The first-order chi connectivity index (χ1) is 9.42. The molecule has 0 aliphatic heterocycles. The number of nitrogens with zero attached hydrogens (tertiary/aromatic N) is 3. The normalized spacial score (nSPS) is 10.7. The molecule has 0 saturated heterocycles. The van der Waals surface area contributed by atoms with Gasteiger partial charge >= 0.3 is 0 Å². The number of benzene rings is 1. The maximum absolute atomic E-state index is 4.18. The van der Waals surface area contributed by atoms with E-state index in [-0.39, 0.29) is 0 Å². The second-order valence-corrected chi connectivity index (χ2v) is 4.36. The number of hydrogen-bond acceptors (Lipinski definition) is 4. The van der Waals surface area contributed by atoms with Crippen molar-refractivity contribution in [3.63, 3.8) is 0 Å². The number of pyridine rings is 1. The fourth-order valence-corrected chi connectivity index (χ4v) is 2.00. The summed E-state index contributed by atoms with van der Waals surface area (Å²) in [6, 6.07) is 10.4. The quantitative estimate of drug-likeness (QED) is 0.772. The predicted octanol–water partition coefficient (Wildman–Crippen LogP) is 2.31. The van der Waals surface area contributed by atoms with Crippen LogP contribution >= 0.6 is 0 Å². The second kappa shape index (κ2) is 5.54. The smallest absolute Gasteiger partial charge is 0.115 e. The molecular formula is C15H14N4. The summed E-state index contributed by atoms with van der Waals surface area (Å²) >= 11 is 0. The lowest BCUT2D eigenvalue weighted by atomic mass is 10.1. The molecule has 0 saturated carbocycles. The molecule has 4 nitrogen and oxygen atoms in total. The Morgan fingerprint density at radius 1 is 0.895 bits per heavy atom. The van der Waals surface area contributed by atoms with Crippen molar-refractivity contribution in [2.75, 3.05) is 0 Å². The van der Waals surface area contributed by atoms with Crippen molar-refractivity contribution in [1.82, 2.24) is 20.3 Å². The first kappa shape index (κ1) is 11.7.